The fourth-order valence-corrected chi connectivity index (χ4v) is 2.29. The number of ether oxygens (including phenoxy) is 1. The quantitative estimate of drug-likeness (QED) is 0.735. The van der Waals surface area contributed by atoms with Gasteiger partial charge in [-0.15, -0.1) is 11.8 Å². The van der Waals surface area contributed by atoms with Gasteiger partial charge in [0, 0.05) is 4.90 Å². The molecular weight excluding hydrogens is 216 g/mol. The Labute approximate surface area is 100 Å². The number of hydrogen-bond acceptors (Lipinski definition) is 2. The average molecular weight is 230 g/mol. The van der Waals surface area contributed by atoms with E-state index >= 15 is 0 Å². The van der Waals surface area contributed by atoms with Crippen LogP contribution in [-0.2, 0) is 0 Å². The second-order valence-electron chi connectivity index (χ2n) is 3.43. The van der Waals surface area contributed by atoms with E-state index < -0.39 is 0 Å². The molecule has 0 aliphatic heterocycles. The Hall–Kier alpha value is -1.41. The minimum atomic E-state index is 0.907. The Balaban J connectivity index is 2.49. The number of methoxy groups -OCH3 is 1. The molecule has 2 aromatic rings. The minimum Gasteiger partial charge on any atom is -0.497 e. The maximum absolute atomic E-state index is 5.23. The second kappa shape index (κ2) is 5.08. The first-order valence-electron chi connectivity index (χ1n) is 5.12. The first-order valence-corrected chi connectivity index (χ1v) is 6.35. The molecular formula is C14H14OS. The van der Waals surface area contributed by atoms with Crippen molar-refractivity contribution in [2.24, 2.45) is 0 Å². The van der Waals surface area contributed by atoms with E-state index in [1.165, 1.54) is 16.0 Å². The van der Waals surface area contributed by atoms with E-state index in [0.717, 1.165) is 5.75 Å². The molecule has 1 nitrogen and oxygen atoms in total. The molecule has 82 valence electrons. The molecule has 0 saturated heterocycles. The average Bonchev–Trinajstić information content (AvgIpc) is 2.39. The molecule has 0 N–H and O–H groups in total. The summed E-state index contributed by atoms with van der Waals surface area (Å²) >= 11 is 1.74. The summed E-state index contributed by atoms with van der Waals surface area (Å²) in [5.74, 6) is 0.907. The van der Waals surface area contributed by atoms with E-state index in [-0.39, 0.29) is 0 Å². The predicted octanol–water partition coefficient (Wildman–Crippen LogP) is 4.08. The Morgan fingerprint density at radius 2 is 1.75 bits per heavy atom. The van der Waals surface area contributed by atoms with E-state index in [9.17, 15) is 0 Å². The van der Waals surface area contributed by atoms with E-state index in [4.69, 9.17) is 4.74 Å². The molecule has 16 heavy (non-hydrogen) atoms. The van der Waals surface area contributed by atoms with Crippen molar-refractivity contribution in [3.05, 3.63) is 48.5 Å². The lowest BCUT2D eigenvalue weighted by Gasteiger charge is -2.09. The van der Waals surface area contributed by atoms with Crippen molar-refractivity contribution >= 4 is 11.8 Å². The highest BCUT2D eigenvalue weighted by atomic mass is 32.2. The van der Waals surface area contributed by atoms with Crippen LogP contribution in [-0.4, -0.2) is 13.4 Å². The van der Waals surface area contributed by atoms with E-state index in [1.807, 2.05) is 12.1 Å². The van der Waals surface area contributed by atoms with Crippen molar-refractivity contribution in [3.63, 3.8) is 0 Å². The fraction of sp³-hybridized carbons (Fsp3) is 0.143. The van der Waals surface area contributed by atoms with E-state index in [0.29, 0.717) is 0 Å². The molecule has 0 spiro atoms. The first kappa shape index (κ1) is 11.1. The summed E-state index contributed by atoms with van der Waals surface area (Å²) in [7, 11) is 1.70. The van der Waals surface area contributed by atoms with Crippen molar-refractivity contribution in [1.29, 1.82) is 0 Å². The van der Waals surface area contributed by atoms with Crippen molar-refractivity contribution < 1.29 is 4.74 Å². The largest absolute Gasteiger partial charge is 0.497 e. The van der Waals surface area contributed by atoms with Gasteiger partial charge in [0.05, 0.1) is 7.11 Å². The van der Waals surface area contributed by atoms with Crippen molar-refractivity contribution in [2.45, 2.75) is 4.90 Å². The maximum atomic E-state index is 5.23. The minimum absolute atomic E-state index is 0.907. The normalized spacial score (nSPS) is 10.1. The maximum Gasteiger partial charge on any atom is 0.120 e. The SMILES string of the molecule is COc1ccc(-c2ccccc2)c(SC)c1. The third-order valence-corrected chi connectivity index (χ3v) is 3.27. The summed E-state index contributed by atoms with van der Waals surface area (Å²) in [4.78, 5) is 1.24. The Morgan fingerprint density at radius 3 is 2.38 bits per heavy atom. The van der Waals surface area contributed by atoms with Gasteiger partial charge < -0.3 is 4.74 Å². The molecule has 0 aliphatic rings. The van der Waals surface area contributed by atoms with Crippen molar-refractivity contribution in [1.82, 2.24) is 0 Å². The molecule has 2 aromatic carbocycles. The van der Waals surface area contributed by atoms with Crippen LogP contribution in [0.5, 0.6) is 5.75 Å². The zero-order chi connectivity index (χ0) is 11.4. The topological polar surface area (TPSA) is 9.23 Å². The number of thioether (sulfide) groups is 1. The van der Waals surface area contributed by atoms with Gasteiger partial charge >= 0.3 is 0 Å². The number of benzene rings is 2. The van der Waals surface area contributed by atoms with Crippen LogP contribution in [0.25, 0.3) is 11.1 Å². The molecule has 0 unspecified atom stereocenters. The fourth-order valence-electron chi connectivity index (χ4n) is 1.65. The molecule has 0 aliphatic carbocycles. The van der Waals surface area contributed by atoms with Crippen LogP contribution in [0.4, 0.5) is 0 Å². The standard InChI is InChI=1S/C14H14OS/c1-15-12-8-9-13(14(10-12)16-2)11-6-4-3-5-7-11/h3-10H,1-2H3. The molecule has 0 aromatic heterocycles. The van der Waals surface area contributed by atoms with E-state index in [2.05, 4.69) is 42.7 Å². The zero-order valence-corrected chi connectivity index (χ0v) is 10.3. The number of hydrogen-bond donors (Lipinski definition) is 0. The Bertz CT molecular complexity index is 465. The summed E-state index contributed by atoms with van der Waals surface area (Å²) in [6.45, 7) is 0. The molecule has 2 rings (SSSR count). The van der Waals surface area contributed by atoms with Crippen LogP contribution >= 0.6 is 11.8 Å². The molecule has 0 atom stereocenters. The van der Waals surface area contributed by atoms with Gasteiger partial charge in [-0.3, -0.25) is 0 Å². The van der Waals surface area contributed by atoms with Gasteiger partial charge in [0.15, 0.2) is 0 Å². The lowest BCUT2D eigenvalue weighted by molar-refractivity contribution is 0.414. The molecule has 0 heterocycles. The second-order valence-corrected chi connectivity index (χ2v) is 4.28. The Morgan fingerprint density at radius 1 is 1.00 bits per heavy atom. The highest BCUT2D eigenvalue weighted by Crippen LogP contribution is 2.32. The highest BCUT2D eigenvalue weighted by Gasteiger charge is 2.05. The summed E-state index contributed by atoms with van der Waals surface area (Å²) in [6, 6.07) is 16.6. The third-order valence-electron chi connectivity index (χ3n) is 2.49. The molecule has 0 radical (unpaired) electrons. The van der Waals surface area contributed by atoms with Crippen LogP contribution in [0.15, 0.2) is 53.4 Å². The zero-order valence-electron chi connectivity index (χ0n) is 9.44. The summed E-state index contributed by atoms with van der Waals surface area (Å²) in [6.07, 6.45) is 2.08. The lowest BCUT2D eigenvalue weighted by Crippen LogP contribution is -1.86. The van der Waals surface area contributed by atoms with Gasteiger partial charge in [-0.05, 0) is 35.6 Å². The predicted molar refractivity (Wildman–Crippen MR) is 70.2 cm³/mol. The van der Waals surface area contributed by atoms with Gasteiger partial charge in [-0.25, -0.2) is 0 Å². The molecule has 2 heteroatoms. The van der Waals surface area contributed by atoms with Crippen LogP contribution < -0.4 is 4.74 Å². The van der Waals surface area contributed by atoms with E-state index in [1.54, 1.807) is 18.9 Å². The van der Waals surface area contributed by atoms with Crippen LogP contribution in [0.3, 0.4) is 0 Å². The van der Waals surface area contributed by atoms with Crippen molar-refractivity contribution in [2.75, 3.05) is 13.4 Å². The molecule has 0 saturated carbocycles. The summed E-state index contributed by atoms with van der Waals surface area (Å²) < 4.78 is 5.23. The molecule has 0 amide bonds. The summed E-state index contributed by atoms with van der Waals surface area (Å²) in [5, 5.41) is 0. The van der Waals surface area contributed by atoms with Gasteiger partial charge in [0.25, 0.3) is 0 Å². The van der Waals surface area contributed by atoms with Crippen LogP contribution in [0.2, 0.25) is 0 Å². The molecule has 0 fully saturated rings. The third kappa shape index (κ3) is 2.22. The first-order chi connectivity index (χ1) is 7.85. The van der Waals surface area contributed by atoms with Crippen molar-refractivity contribution in [3.8, 4) is 16.9 Å². The van der Waals surface area contributed by atoms with Gasteiger partial charge in [0.1, 0.15) is 5.75 Å². The monoisotopic (exact) mass is 230 g/mol. The highest BCUT2D eigenvalue weighted by molar-refractivity contribution is 7.98. The number of rotatable bonds is 3. The lowest BCUT2D eigenvalue weighted by atomic mass is 10.1. The van der Waals surface area contributed by atoms with Gasteiger partial charge in [0.2, 0.25) is 0 Å². The van der Waals surface area contributed by atoms with Gasteiger partial charge in [-0.1, -0.05) is 30.3 Å². The summed E-state index contributed by atoms with van der Waals surface area (Å²) in [5.41, 5.74) is 2.50. The molecule has 0 bridgehead atoms. The smallest absolute Gasteiger partial charge is 0.120 e. The van der Waals surface area contributed by atoms with Gasteiger partial charge in [-0.2, -0.15) is 0 Å². The van der Waals surface area contributed by atoms with Crippen LogP contribution in [0, 0.1) is 0 Å². The van der Waals surface area contributed by atoms with Crippen LogP contribution in [0.1, 0.15) is 0 Å². The Kier molecular flexibility index (Phi) is 3.52.